The number of nitrogens with one attached hydrogen (secondary N) is 2. The summed E-state index contributed by atoms with van der Waals surface area (Å²) in [6.45, 7) is 2.69. The molecular formula is C20H24FN3O3S. The number of halogens is 1. The number of piperidine rings is 1. The van der Waals surface area contributed by atoms with E-state index in [0.717, 1.165) is 24.8 Å². The third kappa shape index (κ3) is 4.69. The van der Waals surface area contributed by atoms with Gasteiger partial charge in [-0.05, 0) is 49.6 Å². The fourth-order valence-electron chi connectivity index (χ4n) is 3.13. The summed E-state index contributed by atoms with van der Waals surface area (Å²) in [7, 11) is -3.58. The average Bonchev–Trinajstić information content (AvgIpc) is 2.69. The number of benzene rings is 2. The Balaban J connectivity index is 1.71. The van der Waals surface area contributed by atoms with Gasteiger partial charge in [-0.25, -0.2) is 12.8 Å². The standard InChI is InChI=1S/C20H24FN3O3S/c1-15-9-10-16(28(26,27)24-11-5-2-6-12-24)13-19(15)23-20(25)14-22-18-8-4-3-7-17(18)21/h3-4,7-10,13,22H,2,5-6,11-12,14H2,1H3,(H,23,25). The van der Waals surface area contributed by atoms with Crippen molar-refractivity contribution in [1.82, 2.24) is 4.31 Å². The van der Waals surface area contributed by atoms with Crippen molar-refractivity contribution in [2.24, 2.45) is 0 Å². The zero-order valence-electron chi connectivity index (χ0n) is 15.7. The lowest BCUT2D eigenvalue weighted by Gasteiger charge is -2.26. The predicted molar refractivity (Wildman–Crippen MR) is 107 cm³/mol. The number of aryl methyl sites for hydroxylation is 1. The van der Waals surface area contributed by atoms with Gasteiger partial charge in [-0.15, -0.1) is 0 Å². The van der Waals surface area contributed by atoms with Crippen molar-refractivity contribution in [3.05, 3.63) is 53.8 Å². The number of sulfonamides is 1. The highest BCUT2D eigenvalue weighted by Gasteiger charge is 2.26. The van der Waals surface area contributed by atoms with Gasteiger partial charge in [-0.2, -0.15) is 4.31 Å². The topological polar surface area (TPSA) is 78.5 Å². The van der Waals surface area contributed by atoms with E-state index in [0.29, 0.717) is 18.8 Å². The van der Waals surface area contributed by atoms with Crippen molar-refractivity contribution >= 4 is 27.3 Å². The summed E-state index contributed by atoms with van der Waals surface area (Å²) in [4.78, 5) is 12.4. The second-order valence-corrected chi connectivity index (χ2v) is 8.76. The van der Waals surface area contributed by atoms with E-state index in [1.54, 1.807) is 37.3 Å². The predicted octanol–water partition coefficient (Wildman–Crippen LogP) is 3.36. The van der Waals surface area contributed by atoms with Gasteiger partial charge in [0.25, 0.3) is 0 Å². The molecule has 8 heteroatoms. The van der Waals surface area contributed by atoms with Gasteiger partial charge in [0.05, 0.1) is 17.1 Å². The van der Waals surface area contributed by atoms with Gasteiger partial charge in [0.2, 0.25) is 15.9 Å². The Morgan fingerprint density at radius 3 is 2.50 bits per heavy atom. The highest BCUT2D eigenvalue weighted by Crippen LogP contribution is 2.25. The molecule has 6 nitrogen and oxygen atoms in total. The Kier molecular flexibility index (Phi) is 6.31. The van der Waals surface area contributed by atoms with E-state index < -0.39 is 15.8 Å². The van der Waals surface area contributed by atoms with Gasteiger partial charge in [-0.1, -0.05) is 24.6 Å². The van der Waals surface area contributed by atoms with Crippen LogP contribution in [0.5, 0.6) is 0 Å². The fourth-order valence-corrected chi connectivity index (χ4v) is 4.67. The molecule has 0 unspecified atom stereocenters. The Morgan fingerprint density at radius 1 is 1.07 bits per heavy atom. The average molecular weight is 405 g/mol. The Hall–Kier alpha value is -2.45. The third-order valence-corrected chi connectivity index (χ3v) is 6.64. The Morgan fingerprint density at radius 2 is 1.79 bits per heavy atom. The quantitative estimate of drug-likeness (QED) is 0.773. The van der Waals surface area contributed by atoms with E-state index in [4.69, 9.17) is 0 Å². The lowest BCUT2D eigenvalue weighted by molar-refractivity contribution is -0.114. The van der Waals surface area contributed by atoms with Gasteiger partial charge >= 0.3 is 0 Å². The van der Waals surface area contributed by atoms with Crippen LogP contribution in [0.2, 0.25) is 0 Å². The molecule has 1 aliphatic rings. The minimum absolute atomic E-state index is 0.135. The number of para-hydroxylation sites is 1. The van der Waals surface area contributed by atoms with Crippen LogP contribution in [0.15, 0.2) is 47.4 Å². The Labute approximate surface area is 164 Å². The summed E-state index contributed by atoms with van der Waals surface area (Å²) in [6.07, 6.45) is 2.75. The SMILES string of the molecule is Cc1ccc(S(=O)(=O)N2CCCCC2)cc1NC(=O)CNc1ccccc1F. The van der Waals surface area contributed by atoms with Crippen molar-refractivity contribution in [2.75, 3.05) is 30.3 Å². The van der Waals surface area contributed by atoms with Crippen molar-refractivity contribution in [3.8, 4) is 0 Å². The maximum atomic E-state index is 13.6. The van der Waals surface area contributed by atoms with E-state index in [-0.39, 0.29) is 23.0 Å². The molecule has 0 atom stereocenters. The fraction of sp³-hybridized carbons (Fsp3) is 0.350. The van der Waals surface area contributed by atoms with E-state index in [2.05, 4.69) is 10.6 Å². The second kappa shape index (κ2) is 8.70. The highest BCUT2D eigenvalue weighted by molar-refractivity contribution is 7.89. The number of amides is 1. The molecule has 1 aliphatic heterocycles. The van der Waals surface area contributed by atoms with E-state index in [1.807, 2.05) is 0 Å². The molecule has 2 aromatic rings. The molecule has 1 saturated heterocycles. The van der Waals surface area contributed by atoms with Crippen LogP contribution in [0, 0.1) is 12.7 Å². The molecule has 1 amide bonds. The van der Waals surface area contributed by atoms with Crippen molar-refractivity contribution in [1.29, 1.82) is 0 Å². The largest absolute Gasteiger partial charge is 0.374 e. The first-order valence-corrected chi connectivity index (χ1v) is 10.7. The number of hydrogen-bond donors (Lipinski definition) is 2. The summed E-state index contributed by atoms with van der Waals surface area (Å²) in [5, 5.41) is 5.44. The molecule has 3 rings (SSSR count). The third-order valence-electron chi connectivity index (χ3n) is 4.75. The van der Waals surface area contributed by atoms with Gasteiger partial charge in [0.1, 0.15) is 5.82 Å². The number of carbonyl (C=O) groups excluding carboxylic acids is 1. The van der Waals surface area contributed by atoms with Crippen LogP contribution in [0.4, 0.5) is 15.8 Å². The molecule has 2 aromatic carbocycles. The summed E-state index contributed by atoms with van der Waals surface area (Å²) < 4.78 is 40.8. The van der Waals surface area contributed by atoms with E-state index in [1.165, 1.54) is 16.4 Å². The summed E-state index contributed by atoms with van der Waals surface area (Å²) in [5.74, 6) is -0.833. The summed E-state index contributed by atoms with van der Waals surface area (Å²) in [6, 6.07) is 10.8. The number of nitrogens with zero attached hydrogens (tertiary/aromatic N) is 1. The molecule has 2 N–H and O–H groups in total. The van der Waals surface area contributed by atoms with E-state index >= 15 is 0 Å². The number of hydrogen-bond acceptors (Lipinski definition) is 4. The molecule has 0 radical (unpaired) electrons. The second-order valence-electron chi connectivity index (χ2n) is 6.82. The maximum absolute atomic E-state index is 13.6. The Bertz CT molecular complexity index is 957. The molecule has 0 saturated carbocycles. The minimum atomic E-state index is -3.58. The molecule has 150 valence electrons. The monoisotopic (exact) mass is 405 g/mol. The van der Waals surface area contributed by atoms with Crippen LogP contribution in [0.25, 0.3) is 0 Å². The molecule has 0 bridgehead atoms. The van der Waals surface area contributed by atoms with Crippen LogP contribution < -0.4 is 10.6 Å². The maximum Gasteiger partial charge on any atom is 0.243 e. The van der Waals surface area contributed by atoms with Crippen molar-refractivity contribution in [2.45, 2.75) is 31.1 Å². The minimum Gasteiger partial charge on any atom is -0.374 e. The number of anilines is 2. The van der Waals surface area contributed by atoms with Gasteiger partial charge in [0.15, 0.2) is 0 Å². The van der Waals surface area contributed by atoms with Crippen molar-refractivity contribution < 1.29 is 17.6 Å². The molecule has 28 heavy (non-hydrogen) atoms. The lowest BCUT2D eigenvalue weighted by atomic mass is 10.2. The zero-order valence-corrected chi connectivity index (χ0v) is 16.6. The zero-order chi connectivity index (χ0) is 20.1. The van der Waals surface area contributed by atoms with Crippen molar-refractivity contribution in [3.63, 3.8) is 0 Å². The lowest BCUT2D eigenvalue weighted by Crippen LogP contribution is -2.35. The van der Waals surface area contributed by atoms with Gasteiger partial charge in [0, 0.05) is 18.8 Å². The molecule has 0 spiro atoms. The molecule has 0 aromatic heterocycles. The first kappa shape index (κ1) is 20.3. The number of rotatable bonds is 6. The van der Waals surface area contributed by atoms with Crippen LogP contribution in [-0.2, 0) is 14.8 Å². The molecular weight excluding hydrogens is 381 g/mol. The van der Waals surface area contributed by atoms with Crippen LogP contribution in [0.1, 0.15) is 24.8 Å². The number of carbonyl (C=O) groups is 1. The molecule has 0 aliphatic carbocycles. The van der Waals surface area contributed by atoms with Gasteiger partial charge in [-0.3, -0.25) is 4.79 Å². The summed E-state index contributed by atoms with van der Waals surface area (Å²) in [5.41, 5.74) is 1.41. The van der Waals surface area contributed by atoms with E-state index in [9.17, 15) is 17.6 Å². The van der Waals surface area contributed by atoms with Crippen LogP contribution >= 0.6 is 0 Å². The van der Waals surface area contributed by atoms with Crippen LogP contribution in [-0.4, -0.2) is 38.3 Å². The smallest absolute Gasteiger partial charge is 0.243 e. The summed E-state index contributed by atoms with van der Waals surface area (Å²) >= 11 is 0. The molecule has 1 heterocycles. The van der Waals surface area contributed by atoms with Crippen LogP contribution in [0.3, 0.4) is 0 Å². The highest BCUT2D eigenvalue weighted by atomic mass is 32.2. The van der Waals surface area contributed by atoms with Gasteiger partial charge < -0.3 is 10.6 Å². The normalized spacial score (nSPS) is 15.2. The first-order valence-electron chi connectivity index (χ1n) is 9.27. The molecule has 1 fully saturated rings. The first-order chi connectivity index (χ1) is 13.4.